The van der Waals surface area contributed by atoms with Crippen molar-refractivity contribution in [2.24, 2.45) is 0 Å². The second-order valence-electron chi connectivity index (χ2n) is 4.68. The predicted octanol–water partition coefficient (Wildman–Crippen LogP) is 4.78. The fourth-order valence-corrected chi connectivity index (χ4v) is 2.97. The number of aromatic hydroxyl groups is 1. The van der Waals surface area contributed by atoms with Gasteiger partial charge in [0, 0.05) is 17.7 Å². The Morgan fingerprint density at radius 3 is 2.74 bits per heavy atom. The third-order valence-corrected chi connectivity index (χ3v) is 3.99. The Balaban J connectivity index is 1.87. The number of nitrogens with one attached hydrogen (secondary N) is 1. The average Bonchev–Trinajstić information content (AvgIpc) is 2.85. The molecule has 1 aliphatic rings. The van der Waals surface area contributed by atoms with E-state index in [2.05, 4.69) is 5.32 Å². The summed E-state index contributed by atoms with van der Waals surface area (Å²) in [6.45, 7) is 0. The summed E-state index contributed by atoms with van der Waals surface area (Å²) in [5, 5.41) is 13.4. The first-order chi connectivity index (χ1) is 9.15. The maximum absolute atomic E-state index is 9.55. The van der Waals surface area contributed by atoms with Gasteiger partial charge in [0.15, 0.2) is 5.75 Å². The second-order valence-corrected chi connectivity index (χ2v) is 5.49. The van der Waals surface area contributed by atoms with Crippen LogP contribution in [0.2, 0.25) is 10.0 Å². The van der Waals surface area contributed by atoms with Crippen molar-refractivity contribution in [3.8, 4) is 5.75 Å². The molecule has 1 aromatic carbocycles. The molecule has 3 nitrogen and oxygen atoms in total. The Hall–Kier alpha value is -1.32. The van der Waals surface area contributed by atoms with E-state index in [4.69, 9.17) is 27.6 Å². The molecule has 19 heavy (non-hydrogen) atoms. The van der Waals surface area contributed by atoms with Crippen LogP contribution < -0.4 is 5.32 Å². The van der Waals surface area contributed by atoms with E-state index in [1.165, 1.54) is 5.56 Å². The quantitative estimate of drug-likeness (QED) is 0.784. The minimum atomic E-state index is -0.0819. The number of benzene rings is 1. The molecule has 2 N–H and O–H groups in total. The van der Waals surface area contributed by atoms with Crippen LogP contribution in [-0.2, 0) is 6.42 Å². The van der Waals surface area contributed by atoms with Crippen molar-refractivity contribution in [2.45, 2.75) is 25.3 Å². The van der Waals surface area contributed by atoms with E-state index in [1.807, 2.05) is 6.07 Å². The van der Waals surface area contributed by atoms with Gasteiger partial charge in [0.05, 0.1) is 22.4 Å². The van der Waals surface area contributed by atoms with Gasteiger partial charge in [-0.1, -0.05) is 23.2 Å². The van der Waals surface area contributed by atoms with Gasteiger partial charge in [0.1, 0.15) is 5.76 Å². The lowest BCUT2D eigenvalue weighted by atomic mass is 9.93. The van der Waals surface area contributed by atoms with E-state index < -0.39 is 0 Å². The number of anilines is 1. The number of hydrogen-bond donors (Lipinski definition) is 2. The van der Waals surface area contributed by atoms with Crippen LogP contribution in [-0.4, -0.2) is 5.11 Å². The van der Waals surface area contributed by atoms with Crippen molar-refractivity contribution in [3.63, 3.8) is 0 Å². The highest BCUT2D eigenvalue weighted by atomic mass is 35.5. The topological polar surface area (TPSA) is 45.4 Å². The number of hydrogen-bond acceptors (Lipinski definition) is 3. The van der Waals surface area contributed by atoms with Gasteiger partial charge in [0.25, 0.3) is 0 Å². The molecule has 5 heteroatoms. The van der Waals surface area contributed by atoms with Crippen LogP contribution in [0.15, 0.2) is 28.9 Å². The van der Waals surface area contributed by atoms with E-state index in [0.29, 0.717) is 0 Å². The minimum Gasteiger partial charge on any atom is -0.505 e. The normalized spacial score (nSPS) is 18.1. The molecule has 0 bridgehead atoms. The van der Waals surface area contributed by atoms with E-state index in [0.717, 1.165) is 30.7 Å². The maximum atomic E-state index is 9.55. The number of halogens is 2. The third kappa shape index (κ3) is 2.40. The molecule has 0 radical (unpaired) electrons. The first kappa shape index (κ1) is 12.7. The summed E-state index contributed by atoms with van der Waals surface area (Å²) >= 11 is 11.8. The van der Waals surface area contributed by atoms with Crippen LogP contribution in [0, 0.1) is 0 Å². The summed E-state index contributed by atoms with van der Waals surface area (Å²) in [5.41, 5.74) is 1.98. The summed E-state index contributed by atoms with van der Waals surface area (Å²) in [5.74, 6) is 0.959. The molecule has 0 spiro atoms. The molecule has 3 rings (SSSR count). The summed E-state index contributed by atoms with van der Waals surface area (Å²) in [6.07, 6.45) is 4.82. The standard InChI is InChI=1S/C14H13Cl2NO2/c15-10-6-8(7-11(16)14(10)18)17-12-2-1-3-13-9(12)4-5-19-13/h4-7,12,17-18H,1-3H2. The van der Waals surface area contributed by atoms with Gasteiger partial charge < -0.3 is 14.8 Å². The Morgan fingerprint density at radius 1 is 1.26 bits per heavy atom. The Morgan fingerprint density at radius 2 is 2.00 bits per heavy atom. The van der Waals surface area contributed by atoms with E-state index in [-0.39, 0.29) is 21.8 Å². The van der Waals surface area contributed by atoms with Crippen LogP contribution in [0.4, 0.5) is 5.69 Å². The van der Waals surface area contributed by atoms with Crippen LogP contribution in [0.1, 0.15) is 30.2 Å². The largest absolute Gasteiger partial charge is 0.505 e. The number of phenolic OH excluding ortho intramolecular Hbond substituents is 1. The molecule has 1 atom stereocenters. The number of phenols is 1. The van der Waals surface area contributed by atoms with Gasteiger partial charge in [0.2, 0.25) is 0 Å². The maximum Gasteiger partial charge on any atom is 0.152 e. The van der Waals surface area contributed by atoms with Crippen LogP contribution >= 0.6 is 23.2 Å². The Kier molecular flexibility index (Phi) is 3.33. The molecule has 1 aromatic heterocycles. The second kappa shape index (κ2) is 4.99. The number of rotatable bonds is 2. The van der Waals surface area contributed by atoms with Crippen molar-refractivity contribution < 1.29 is 9.52 Å². The zero-order valence-corrected chi connectivity index (χ0v) is 11.6. The highest BCUT2D eigenvalue weighted by Gasteiger charge is 2.22. The smallest absolute Gasteiger partial charge is 0.152 e. The summed E-state index contributed by atoms with van der Waals surface area (Å²) in [4.78, 5) is 0. The average molecular weight is 298 g/mol. The van der Waals surface area contributed by atoms with Crippen molar-refractivity contribution in [2.75, 3.05) is 5.32 Å². The SMILES string of the molecule is Oc1c(Cl)cc(NC2CCCc3occc32)cc1Cl. The molecular formula is C14H13Cl2NO2. The van der Waals surface area contributed by atoms with Gasteiger partial charge in [-0.3, -0.25) is 0 Å². The van der Waals surface area contributed by atoms with Gasteiger partial charge in [-0.05, 0) is 31.0 Å². The van der Waals surface area contributed by atoms with Crippen molar-refractivity contribution >= 4 is 28.9 Å². The molecule has 2 aromatic rings. The van der Waals surface area contributed by atoms with Crippen LogP contribution in [0.25, 0.3) is 0 Å². The molecule has 1 aliphatic carbocycles. The lowest BCUT2D eigenvalue weighted by Gasteiger charge is -2.24. The molecule has 0 amide bonds. The monoisotopic (exact) mass is 297 g/mol. The first-order valence-corrected chi connectivity index (χ1v) is 6.91. The predicted molar refractivity (Wildman–Crippen MR) is 76.1 cm³/mol. The van der Waals surface area contributed by atoms with Gasteiger partial charge >= 0.3 is 0 Å². The molecule has 1 unspecified atom stereocenters. The summed E-state index contributed by atoms with van der Waals surface area (Å²) < 4.78 is 5.46. The van der Waals surface area contributed by atoms with Gasteiger partial charge in [-0.25, -0.2) is 0 Å². The fourth-order valence-electron chi connectivity index (χ4n) is 2.49. The minimum absolute atomic E-state index is 0.0819. The van der Waals surface area contributed by atoms with Crippen LogP contribution in [0.3, 0.4) is 0 Å². The number of aryl methyl sites for hydroxylation is 1. The molecule has 0 saturated heterocycles. The third-order valence-electron chi connectivity index (χ3n) is 3.41. The van der Waals surface area contributed by atoms with E-state index in [9.17, 15) is 5.11 Å². The Bertz CT molecular complexity index is 586. The Labute approximate surface area is 121 Å². The molecule has 100 valence electrons. The van der Waals surface area contributed by atoms with Crippen molar-refractivity contribution in [1.82, 2.24) is 0 Å². The van der Waals surface area contributed by atoms with Gasteiger partial charge in [-0.15, -0.1) is 0 Å². The highest BCUT2D eigenvalue weighted by Crippen LogP contribution is 2.38. The number of furan rings is 1. The summed E-state index contributed by atoms with van der Waals surface area (Å²) in [6, 6.07) is 5.54. The summed E-state index contributed by atoms with van der Waals surface area (Å²) in [7, 11) is 0. The van der Waals surface area contributed by atoms with E-state index >= 15 is 0 Å². The van der Waals surface area contributed by atoms with E-state index in [1.54, 1.807) is 18.4 Å². The lowest BCUT2D eigenvalue weighted by Crippen LogP contribution is -2.15. The zero-order valence-electron chi connectivity index (χ0n) is 10.1. The fraction of sp³-hybridized carbons (Fsp3) is 0.286. The molecule has 0 aliphatic heterocycles. The van der Waals surface area contributed by atoms with Crippen molar-refractivity contribution in [1.29, 1.82) is 0 Å². The van der Waals surface area contributed by atoms with Crippen LogP contribution in [0.5, 0.6) is 5.75 Å². The zero-order chi connectivity index (χ0) is 13.4. The van der Waals surface area contributed by atoms with Crippen molar-refractivity contribution in [3.05, 3.63) is 45.8 Å². The molecule has 0 fully saturated rings. The molecule has 0 saturated carbocycles. The number of fused-ring (bicyclic) bond motifs is 1. The lowest BCUT2D eigenvalue weighted by molar-refractivity contribution is 0.461. The first-order valence-electron chi connectivity index (χ1n) is 6.16. The van der Waals surface area contributed by atoms with Gasteiger partial charge in [-0.2, -0.15) is 0 Å². The molecule has 1 heterocycles. The highest BCUT2D eigenvalue weighted by molar-refractivity contribution is 6.37. The molecular weight excluding hydrogens is 285 g/mol.